The van der Waals surface area contributed by atoms with Crippen molar-refractivity contribution < 1.29 is 8.83 Å². The molecule has 8 aromatic rings. The highest BCUT2D eigenvalue weighted by atomic mass is 32.1. The van der Waals surface area contributed by atoms with Crippen LogP contribution in [-0.2, 0) is 6.42 Å². The second-order valence-electron chi connectivity index (χ2n) is 11.0. The highest BCUT2D eigenvalue weighted by Gasteiger charge is 2.18. The number of allylic oxidation sites excluding steroid dienone is 1. The minimum Gasteiger partial charge on any atom is -0.460 e. The lowest BCUT2D eigenvalue weighted by atomic mass is 9.97. The summed E-state index contributed by atoms with van der Waals surface area (Å²) in [5.74, 6) is 0.770. The zero-order valence-electron chi connectivity index (χ0n) is 22.8. The molecule has 0 unspecified atom stereocenters. The van der Waals surface area contributed by atoms with Gasteiger partial charge in [-0.25, -0.2) is 0 Å². The van der Waals surface area contributed by atoms with Crippen LogP contribution in [-0.4, -0.2) is 0 Å². The molecule has 0 spiro atoms. The second-order valence-corrected chi connectivity index (χ2v) is 12.0. The van der Waals surface area contributed by atoms with E-state index in [-0.39, 0.29) is 10.9 Å². The predicted octanol–water partition coefficient (Wildman–Crippen LogP) is 9.71. The van der Waals surface area contributed by atoms with Crippen molar-refractivity contribution in [2.24, 2.45) is 0 Å². The van der Waals surface area contributed by atoms with Crippen LogP contribution in [0.3, 0.4) is 0 Å². The van der Waals surface area contributed by atoms with Crippen LogP contribution in [0.2, 0.25) is 0 Å². The van der Waals surface area contributed by atoms with Crippen LogP contribution in [0.25, 0.3) is 81.4 Å². The van der Waals surface area contributed by atoms with Gasteiger partial charge in [0, 0.05) is 26.6 Å². The van der Waals surface area contributed by atoms with E-state index < -0.39 is 0 Å². The summed E-state index contributed by atoms with van der Waals surface area (Å²) in [6, 6.07) is 31.8. The Labute approximate surface area is 248 Å². The van der Waals surface area contributed by atoms with Gasteiger partial charge in [0.05, 0.1) is 21.7 Å². The van der Waals surface area contributed by atoms with Crippen molar-refractivity contribution in [3.63, 3.8) is 0 Å². The van der Waals surface area contributed by atoms with Crippen molar-refractivity contribution in [3.8, 4) is 22.3 Å². The first-order valence-corrected chi connectivity index (χ1v) is 15.1. The number of para-hydroxylation sites is 1. The van der Waals surface area contributed by atoms with E-state index in [4.69, 9.17) is 8.83 Å². The van der Waals surface area contributed by atoms with E-state index in [1.807, 2.05) is 72.8 Å². The number of hydrogen-bond acceptors (Lipinski definition) is 5. The quantitative estimate of drug-likeness (QED) is 0.193. The summed E-state index contributed by atoms with van der Waals surface area (Å²) in [6.45, 7) is 0. The van der Waals surface area contributed by atoms with Gasteiger partial charge in [-0.05, 0) is 65.1 Å². The van der Waals surface area contributed by atoms with E-state index in [1.165, 1.54) is 0 Å². The molecule has 4 nitrogen and oxygen atoms in total. The average Bonchev–Trinajstić information content (AvgIpc) is 3.44. The molecule has 0 aliphatic heterocycles. The fraction of sp³-hybridized carbons (Fsp3) is 0.0526. The number of thiophene rings is 1. The van der Waals surface area contributed by atoms with Gasteiger partial charge in [0.25, 0.3) is 0 Å². The summed E-state index contributed by atoms with van der Waals surface area (Å²) in [5.41, 5.74) is 6.55. The van der Waals surface area contributed by atoms with Crippen molar-refractivity contribution in [2.75, 3.05) is 0 Å². The van der Waals surface area contributed by atoms with E-state index in [9.17, 15) is 9.59 Å². The molecule has 0 amide bonds. The minimum atomic E-state index is -0.0259. The number of hydrogen-bond donors (Lipinski definition) is 0. The molecule has 1 aliphatic rings. The van der Waals surface area contributed by atoms with Gasteiger partial charge < -0.3 is 8.83 Å². The number of fused-ring (bicyclic) bond motifs is 7. The first-order valence-electron chi connectivity index (χ1n) is 14.3. The van der Waals surface area contributed by atoms with Gasteiger partial charge in [0.1, 0.15) is 22.5 Å². The molecule has 0 N–H and O–H groups in total. The van der Waals surface area contributed by atoms with Crippen LogP contribution in [0.1, 0.15) is 17.7 Å². The zero-order chi connectivity index (χ0) is 28.7. The molecule has 0 bridgehead atoms. The third-order valence-corrected chi connectivity index (χ3v) is 9.84. The van der Waals surface area contributed by atoms with Gasteiger partial charge >= 0.3 is 0 Å². The molecule has 0 saturated carbocycles. The normalized spacial score (nSPS) is 13.0. The maximum Gasteiger partial charge on any atom is 0.200 e. The highest BCUT2D eigenvalue weighted by molar-refractivity contribution is 7.26. The van der Waals surface area contributed by atoms with E-state index in [2.05, 4.69) is 36.4 Å². The Morgan fingerprint density at radius 1 is 0.558 bits per heavy atom. The molecule has 3 heterocycles. The predicted molar refractivity (Wildman–Crippen MR) is 177 cm³/mol. The number of rotatable bonds is 2. The Hall–Kier alpha value is -5.26. The van der Waals surface area contributed by atoms with Crippen LogP contribution in [0, 0.1) is 0 Å². The lowest BCUT2D eigenvalue weighted by molar-refractivity contribution is 0.532. The average molecular weight is 575 g/mol. The molecule has 1 aliphatic carbocycles. The van der Waals surface area contributed by atoms with Crippen LogP contribution in [0.5, 0.6) is 0 Å². The smallest absolute Gasteiger partial charge is 0.200 e. The molecule has 0 saturated heterocycles. The van der Waals surface area contributed by atoms with Crippen molar-refractivity contribution in [1.29, 1.82) is 0 Å². The molecule has 5 aromatic carbocycles. The van der Waals surface area contributed by atoms with Crippen molar-refractivity contribution in [3.05, 3.63) is 135 Å². The van der Waals surface area contributed by atoms with Crippen LogP contribution in [0.4, 0.5) is 0 Å². The molecular weight excluding hydrogens is 552 g/mol. The van der Waals surface area contributed by atoms with Crippen LogP contribution in [0.15, 0.2) is 122 Å². The minimum absolute atomic E-state index is 0.0217. The zero-order valence-corrected chi connectivity index (χ0v) is 23.7. The lowest BCUT2D eigenvalue weighted by Gasteiger charge is -2.11. The van der Waals surface area contributed by atoms with Gasteiger partial charge in [0.2, 0.25) is 5.43 Å². The van der Waals surface area contributed by atoms with Crippen molar-refractivity contribution in [2.45, 2.75) is 12.8 Å². The maximum atomic E-state index is 13.4. The Kier molecular flexibility index (Phi) is 5.16. The summed E-state index contributed by atoms with van der Waals surface area (Å²) in [5, 5.41) is 4.07. The topological polar surface area (TPSA) is 60.4 Å². The fourth-order valence-electron chi connectivity index (χ4n) is 6.44. The standard InChI is InChI=1S/C38H22O4S/c39-35-27-7-1-3-13-31(27)41-33-17-15-21(19-29(33)35)23-9-5-11-25-26-12-6-10-24(38(26)43-37(23)25)22-16-18-34-30(20-22)36(40)28-8-2-4-14-32(28)42-34/h1-3,5-13,15-20H,4,14H2. The Bertz CT molecular complexity index is 2620. The van der Waals surface area contributed by atoms with Gasteiger partial charge in [0.15, 0.2) is 5.43 Å². The molecule has 3 aromatic heterocycles. The molecule has 204 valence electrons. The number of benzene rings is 5. The number of aryl methyl sites for hydroxylation is 1. The summed E-state index contributed by atoms with van der Waals surface area (Å²) in [6.07, 6.45) is 5.57. The van der Waals surface area contributed by atoms with Gasteiger partial charge in [-0.15, -0.1) is 11.3 Å². The lowest BCUT2D eigenvalue weighted by Crippen LogP contribution is -2.11. The van der Waals surface area contributed by atoms with Crippen molar-refractivity contribution in [1.82, 2.24) is 0 Å². The van der Waals surface area contributed by atoms with E-state index in [0.29, 0.717) is 38.5 Å². The van der Waals surface area contributed by atoms with Crippen LogP contribution >= 0.6 is 11.3 Å². The fourth-order valence-corrected chi connectivity index (χ4v) is 7.81. The molecule has 0 fully saturated rings. The van der Waals surface area contributed by atoms with E-state index in [1.54, 1.807) is 11.3 Å². The summed E-state index contributed by atoms with van der Waals surface area (Å²) < 4.78 is 14.5. The van der Waals surface area contributed by atoms with Gasteiger partial charge in [-0.1, -0.05) is 72.8 Å². The molecule has 43 heavy (non-hydrogen) atoms. The highest BCUT2D eigenvalue weighted by Crippen LogP contribution is 2.44. The molecule has 0 radical (unpaired) electrons. The molecule has 9 rings (SSSR count). The SMILES string of the molecule is O=c1c2c(oc3ccc(-c4cccc5c4sc4c(-c6ccc7oc8ccccc8c(=O)c7c6)cccc45)cc13)CCC=C2. The second kappa shape index (κ2) is 9.12. The van der Waals surface area contributed by atoms with E-state index >= 15 is 0 Å². The Morgan fingerprint density at radius 2 is 1.16 bits per heavy atom. The molecule has 0 atom stereocenters. The monoisotopic (exact) mass is 574 g/mol. The molecule has 5 heteroatoms. The first-order chi connectivity index (χ1) is 21.1. The third-order valence-electron chi connectivity index (χ3n) is 8.55. The van der Waals surface area contributed by atoms with Gasteiger partial charge in [-0.2, -0.15) is 0 Å². The maximum absolute atomic E-state index is 13.4. The summed E-state index contributed by atoms with van der Waals surface area (Å²) in [7, 11) is 0. The Balaban J connectivity index is 1.24. The molecular formula is C38H22O4S. The van der Waals surface area contributed by atoms with Crippen LogP contribution < -0.4 is 10.9 Å². The summed E-state index contributed by atoms with van der Waals surface area (Å²) in [4.78, 5) is 26.8. The van der Waals surface area contributed by atoms with Crippen molar-refractivity contribution >= 4 is 70.5 Å². The largest absolute Gasteiger partial charge is 0.460 e. The third kappa shape index (κ3) is 3.62. The van der Waals surface area contributed by atoms with Gasteiger partial charge in [-0.3, -0.25) is 9.59 Å². The van der Waals surface area contributed by atoms with E-state index in [0.717, 1.165) is 61.0 Å². The Morgan fingerprint density at radius 3 is 1.88 bits per heavy atom. The summed E-state index contributed by atoms with van der Waals surface area (Å²) >= 11 is 1.73. The first kappa shape index (κ1) is 24.3.